The molecule has 4 heteroatoms. The van der Waals surface area contributed by atoms with E-state index in [4.69, 9.17) is 9.47 Å². The summed E-state index contributed by atoms with van der Waals surface area (Å²) >= 11 is 0. The van der Waals surface area contributed by atoms with Crippen molar-refractivity contribution in [3.05, 3.63) is 23.8 Å². The molecular weight excluding hydrogens is 252 g/mol. The summed E-state index contributed by atoms with van der Waals surface area (Å²) in [5.41, 5.74) is 1.20. The summed E-state index contributed by atoms with van der Waals surface area (Å²) < 4.78 is 11.2. The van der Waals surface area contributed by atoms with Crippen molar-refractivity contribution in [3.63, 3.8) is 0 Å². The molecule has 0 bridgehead atoms. The number of hydrogen-bond donors (Lipinski definition) is 1. The first kappa shape index (κ1) is 15.1. The van der Waals surface area contributed by atoms with Crippen molar-refractivity contribution in [3.8, 4) is 11.5 Å². The number of methoxy groups -OCH3 is 2. The van der Waals surface area contributed by atoms with E-state index in [0.29, 0.717) is 6.04 Å². The van der Waals surface area contributed by atoms with E-state index in [1.165, 1.54) is 5.56 Å². The average molecular weight is 278 g/mol. The van der Waals surface area contributed by atoms with E-state index in [0.717, 1.165) is 50.5 Å². The van der Waals surface area contributed by atoms with Crippen molar-refractivity contribution in [2.45, 2.75) is 25.8 Å². The topological polar surface area (TPSA) is 33.7 Å². The van der Waals surface area contributed by atoms with Gasteiger partial charge in [0.15, 0.2) is 0 Å². The third kappa shape index (κ3) is 3.25. The van der Waals surface area contributed by atoms with E-state index < -0.39 is 0 Å². The van der Waals surface area contributed by atoms with Gasteiger partial charge in [0.2, 0.25) is 0 Å². The lowest BCUT2D eigenvalue weighted by atomic mass is 9.97. The molecule has 1 saturated heterocycles. The zero-order valence-electron chi connectivity index (χ0n) is 12.8. The van der Waals surface area contributed by atoms with Crippen molar-refractivity contribution in [2.24, 2.45) is 0 Å². The highest BCUT2D eigenvalue weighted by molar-refractivity contribution is 5.47. The Balaban J connectivity index is 2.36. The Hall–Kier alpha value is -1.26. The summed E-state index contributed by atoms with van der Waals surface area (Å²) in [7, 11) is 3.47. The number of nitrogens with one attached hydrogen (secondary N) is 1. The van der Waals surface area contributed by atoms with Gasteiger partial charge in [0.1, 0.15) is 11.5 Å². The summed E-state index contributed by atoms with van der Waals surface area (Å²) in [6.45, 7) is 6.49. The predicted octanol–water partition coefficient (Wildman–Crippen LogP) is 2.45. The second-order valence-electron chi connectivity index (χ2n) is 5.17. The maximum atomic E-state index is 5.58. The summed E-state index contributed by atoms with van der Waals surface area (Å²) in [5.74, 6) is 1.86. The molecule has 4 nitrogen and oxygen atoms in total. The van der Waals surface area contributed by atoms with Gasteiger partial charge in [-0.1, -0.05) is 19.4 Å². The van der Waals surface area contributed by atoms with Crippen LogP contribution in [0.15, 0.2) is 18.2 Å². The Kier molecular flexibility index (Phi) is 5.68. The smallest absolute Gasteiger partial charge is 0.127 e. The van der Waals surface area contributed by atoms with Crippen molar-refractivity contribution < 1.29 is 9.47 Å². The third-order valence-corrected chi connectivity index (χ3v) is 3.95. The molecule has 1 fully saturated rings. The van der Waals surface area contributed by atoms with Crippen molar-refractivity contribution >= 4 is 0 Å². The third-order valence-electron chi connectivity index (χ3n) is 3.95. The van der Waals surface area contributed by atoms with Gasteiger partial charge >= 0.3 is 0 Å². The highest BCUT2D eigenvalue weighted by atomic mass is 16.5. The SMILES string of the molecule is CCC[C@@H](c1c(OC)cccc1OC)N1CCNCC1. The Morgan fingerprint density at radius 2 is 1.75 bits per heavy atom. The van der Waals surface area contributed by atoms with Gasteiger partial charge in [-0.05, 0) is 18.6 Å². The van der Waals surface area contributed by atoms with Crippen LogP contribution in [0.2, 0.25) is 0 Å². The van der Waals surface area contributed by atoms with Crippen molar-refractivity contribution in [1.82, 2.24) is 10.2 Å². The molecule has 1 aliphatic heterocycles. The molecule has 0 saturated carbocycles. The zero-order valence-corrected chi connectivity index (χ0v) is 12.8. The molecule has 1 N–H and O–H groups in total. The molecule has 0 aromatic heterocycles. The Morgan fingerprint density at radius 1 is 1.15 bits per heavy atom. The largest absolute Gasteiger partial charge is 0.496 e. The van der Waals surface area contributed by atoms with Crippen LogP contribution >= 0.6 is 0 Å². The fourth-order valence-corrected chi connectivity index (χ4v) is 2.99. The lowest BCUT2D eigenvalue weighted by molar-refractivity contribution is 0.159. The molecule has 1 aromatic rings. The van der Waals surface area contributed by atoms with E-state index >= 15 is 0 Å². The lowest BCUT2D eigenvalue weighted by Gasteiger charge is -2.36. The fraction of sp³-hybridized carbons (Fsp3) is 0.625. The average Bonchev–Trinajstić information content (AvgIpc) is 2.52. The molecule has 2 rings (SSSR count). The maximum absolute atomic E-state index is 5.58. The molecule has 0 spiro atoms. The zero-order chi connectivity index (χ0) is 14.4. The van der Waals surface area contributed by atoms with Crippen molar-refractivity contribution in [2.75, 3.05) is 40.4 Å². The van der Waals surface area contributed by atoms with Gasteiger partial charge in [-0.15, -0.1) is 0 Å². The van der Waals surface area contributed by atoms with Crippen LogP contribution in [0.3, 0.4) is 0 Å². The van der Waals surface area contributed by atoms with Gasteiger partial charge in [-0.25, -0.2) is 0 Å². The van der Waals surface area contributed by atoms with Crippen molar-refractivity contribution in [1.29, 1.82) is 0 Å². The van der Waals surface area contributed by atoms with E-state index in [1.807, 2.05) is 18.2 Å². The number of ether oxygens (including phenoxy) is 2. The van der Waals surface area contributed by atoms with E-state index in [1.54, 1.807) is 14.2 Å². The van der Waals surface area contributed by atoms with Gasteiger partial charge in [-0.2, -0.15) is 0 Å². The van der Waals surface area contributed by atoms with Crippen LogP contribution in [0.4, 0.5) is 0 Å². The minimum atomic E-state index is 0.369. The molecule has 0 aliphatic carbocycles. The van der Waals surface area contributed by atoms with Crippen LogP contribution < -0.4 is 14.8 Å². The van der Waals surface area contributed by atoms with Crippen LogP contribution in [-0.4, -0.2) is 45.3 Å². The van der Waals surface area contributed by atoms with Gasteiger partial charge in [0.25, 0.3) is 0 Å². The molecule has 112 valence electrons. The van der Waals surface area contributed by atoms with Gasteiger partial charge in [0.05, 0.1) is 19.8 Å². The monoisotopic (exact) mass is 278 g/mol. The molecule has 1 aliphatic rings. The first-order valence-electron chi connectivity index (χ1n) is 7.47. The summed E-state index contributed by atoms with van der Waals surface area (Å²) in [6.07, 6.45) is 2.27. The second kappa shape index (κ2) is 7.50. The van der Waals surface area contributed by atoms with E-state index in [2.05, 4.69) is 17.1 Å². The lowest BCUT2D eigenvalue weighted by Crippen LogP contribution is -2.45. The van der Waals surface area contributed by atoms with Gasteiger partial charge in [-0.3, -0.25) is 4.90 Å². The van der Waals surface area contributed by atoms with E-state index in [-0.39, 0.29) is 0 Å². The standard InChI is InChI=1S/C16H26N2O2/c1-4-6-13(18-11-9-17-10-12-18)16-14(19-2)7-5-8-15(16)20-3/h5,7-8,13,17H,4,6,9-12H2,1-3H3/t13-/m0/s1. The van der Waals surface area contributed by atoms with Crippen LogP contribution in [0.5, 0.6) is 11.5 Å². The molecule has 20 heavy (non-hydrogen) atoms. The Bertz CT molecular complexity index is 395. The van der Waals surface area contributed by atoms with Crippen LogP contribution in [0, 0.1) is 0 Å². The highest BCUT2D eigenvalue weighted by Gasteiger charge is 2.27. The predicted molar refractivity (Wildman–Crippen MR) is 81.6 cm³/mol. The van der Waals surface area contributed by atoms with Gasteiger partial charge in [0, 0.05) is 32.2 Å². The molecule has 0 radical (unpaired) electrons. The fourth-order valence-electron chi connectivity index (χ4n) is 2.99. The van der Waals surface area contributed by atoms with Crippen LogP contribution in [0.25, 0.3) is 0 Å². The second-order valence-corrected chi connectivity index (χ2v) is 5.17. The molecule has 0 unspecified atom stereocenters. The molecule has 1 aromatic carbocycles. The van der Waals surface area contributed by atoms with Crippen LogP contribution in [-0.2, 0) is 0 Å². The minimum absolute atomic E-state index is 0.369. The summed E-state index contributed by atoms with van der Waals surface area (Å²) in [4.78, 5) is 2.54. The Morgan fingerprint density at radius 3 is 2.25 bits per heavy atom. The first-order chi connectivity index (χ1) is 9.81. The maximum Gasteiger partial charge on any atom is 0.127 e. The van der Waals surface area contributed by atoms with Crippen LogP contribution in [0.1, 0.15) is 31.4 Å². The number of benzene rings is 1. The normalized spacial score (nSPS) is 17.8. The molecule has 0 amide bonds. The molecular formula is C16H26N2O2. The van der Waals surface area contributed by atoms with E-state index in [9.17, 15) is 0 Å². The number of hydrogen-bond acceptors (Lipinski definition) is 4. The molecule has 1 heterocycles. The number of piperazine rings is 1. The quantitative estimate of drug-likeness (QED) is 0.866. The van der Waals surface area contributed by atoms with Gasteiger partial charge < -0.3 is 14.8 Å². The minimum Gasteiger partial charge on any atom is -0.496 e. The number of rotatable bonds is 6. The summed E-state index contributed by atoms with van der Waals surface area (Å²) in [5, 5.41) is 3.42. The molecule has 1 atom stereocenters. The number of nitrogens with zero attached hydrogens (tertiary/aromatic N) is 1. The Labute approximate surface area is 122 Å². The first-order valence-corrected chi connectivity index (χ1v) is 7.47. The highest BCUT2D eigenvalue weighted by Crippen LogP contribution is 2.39. The summed E-state index contributed by atoms with van der Waals surface area (Å²) in [6, 6.07) is 6.42.